The van der Waals surface area contributed by atoms with Crippen LogP contribution in [0.25, 0.3) is 11.0 Å². The third-order valence-electron chi connectivity index (χ3n) is 3.18. The zero-order chi connectivity index (χ0) is 17.0. The summed E-state index contributed by atoms with van der Waals surface area (Å²) >= 11 is 0. The van der Waals surface area contributed by atoms with E-state index in [2.05, 4.69) is 15.6 Å². The van der Waals surface area contributed by atoms with E-state index in [1.165, 1.54) is 13.0 Å². The molecule has 0 fully saturated rings. The zero-order valence-corrected chi connectivity index (χ0v) is 12.3. The number of carbonyl (C=O) groups is 2. The van der Waals surface area contributed by atoms with Gasteiger partial charge < -0.3 is 15.7 Å². The summed E-state index contributed by atoms with van der Waals surface area (Å²) in [4.78, 5) is 26.2. The van der Waals surface area contributed by atoms with E-state index in [9.17, 15) is 18.4 Å². The Hall–Kier alpha value is -2.71. The molecule has 1 heterocycles. The first-order chi connectivity index (χ1) is 10.9. The lowest BCUT2D eigenvalue weighted by Crippen LogP contribution is -2.38. The number of carbonyl (C=O) groups excluding carboxylic acids is 1. The van der Waals surface area contributed by atoms with Crippen LogP contribution in [0.5, 0.6) is 0 Å². The molecule has 1 atom stereocenters. The molecule has 2 rings (SSSR count). The standard InChI is InChI=1S/C14H16F2N4O3/c1-8(18-14(23)17-7-6-11(21)22)12-19-9-4-2-3-5-10(9)20(12)13(15)16/h2-5,8,13H,6-7H2,1H3,(H,21,22)(H2,17,18,23). The van der Waals surface area contributed by atoms with Crippen molar-refractivity contribution in [2.24, 2.45) is 0 Å². The fourth-order valence-electron chi connectivity index (χ4n) is 2.17. The molecule has 0 bridgehead atoms. The van der Waals surface area contributed by atoms with Crippen molar-refractivity contribution < 1.29 is 23.5 Å². The molecular formula is C14H16F2N4O3. The molecule has 7 nitrogen and oxygen atoms in total. The smallest absolute Gasteiger partial charge is 0.320 e. The van der Waals surface area contributed by atoms with Crippen molar-refractivity contribution in [1.82, 2.24) is 20.2 Å². The van der Waals surface area contributed by atoms with E-state index in [1.54, 1.807) is 18.2 Å². The number of nitrogens with zero attached hydrogens (tertiary/aromatic N) is 2. The van der Waals surface area contributed by atoms with Crippen LogP contribution >= 0.6 is 0 Å². The number of benzene rings is 1. The van der Waals surface area contributed by atoms with E-state index in [0.29, 0.717) is 5.52 Å². The van der Waals surface area contributed by atoms with Crippen LogP contribution in [0, 0.1) is 0 Å². The molecule has 0 aliphatic heterocycles. The van der Waals surface area contributed by atoms with E-state index < -0.39 is 24.6 Å². The van der Waals surface area contributed by atoms with Gasteiger partial charge in [-0.2, -0.15) is 8.78 Å². The molecule has 1 unspecified atom stereocenters. The van der Waals surface area contributed by atoms with Crippen molar-refractivity contribution in [1.29, 1.82) is 0 Å². The second-order valence-corrected chi connectivity index (χ2v) is 4.87. The molecule has 3 N–H and O–H groups in total. The molecule has 0 aliphatic rings. The lowest BCUT2D eigenvalue weighted by Gasteiger charge is -2.16. The summed E-state index contributed by atoms with van der Waals surface area (Å²) in [6, 6.07) is 5.03. The van der Waals surface area contributed by atoms with Crippen LogP contribution in [-0.2, 0) is 4.79 Å². The number of aromatic nitrogens is 2. The largest absolute Gasteiger partial charge is 0.481 e. The van der Waals surface area contributed by atoms with Gasteiger partial charge in [-0.05, 0) is 19.1 Å². The summed E-state index contributed by atoms with van der Waals surface area (Å²) in [5.74, 6) is -1.02. The van der Waals surface area contributed by atoms with Crippen molar-refractivity contribution in [2.75, 3.05) is 6.54 Å². The Morgan fingerprint density at radius 2 is 2.04 bits per heavy atom. The number of amides is 2. The highest BCUT2D eigenvalue weighted by atomic mass is 19.3. The van der Waals surface area contributed by atoms with Crippen LogP contribution in [-0.4, -0.2) is 33.2 Å². The number of rotatable bonds is 6. The minimum Gasteiger partial charge on any atom is -0.481 e. The van der Waals surface area contributed by atoms with Crippen LogP contribution in [0.15, 0.2) is 24.3 Å². The van der Waals surface area contributed by atoms with Gasteiger partial charge in [0.15, 0.2) is 0 Å². The number of para-hydroxylation sites is 2. The van der Waals surface area contributed by atoms with Gasteiger partial charge in [0, 0.05) is 6.54 Å². The fraction of sp³-hybridized carbons (Fsp3) is 0.357. The minimum atomic E-state index is -2.79. The predicted molar refractivity (Wildman–Crippen MR) is 78.2 cm³/mol. The first-order valence-electron chi connectivity index (χ1n) is 6.91. The van der Waals surface area contributed by atoms with Gasteiger partial charge in [-0.3, -0.25) is 9.36 Å². The van der Waals surface area contributed by atoms with Gasteiger partial charge in [0.25, 0.3) is 0 Å². The van der Waals surface area contributed by atoms with E-state index in [1.807, 2.05) is 0 Å². The molecule has 0 saturated heterocycles. The van der Waals surface area contributed by atoms with Crippen molar-refractivity contribution in [3.05, 3.63) is 30.1 Å². The highest BCUT2D eigenvalue weighted by Crippen LogP contribution is 2.26. The number of imidazole rings is 1. The van der Waals surface area contributed by atoms with E-state index in [4.69, 9.17) is 5.11 Å². The Labute approximate surface area is 130 Å². The number of fused-ring (bicyclic) bond motifs is 1. The summed E-state index contributed by atoms with van der Waals surface area (Å²) in [6.45, 7) is -1.33. The SMILES string of the molecule is CC(NC(=O)NCCC(=O)O)c1nc2ccccc2n1C(F)F. The maximum absolute atomic E-state index is 13.3. The maximum Gasteiger partial charge on any atom is 0.320 e. The molecule has 2 aromatic rings. The Kier molecular flexibility index (Phi) is 5.09. The molecule has 1 aromatic carbocycles. The number of nitrogens with one attached hydrogen (secondary N) is 2. The van der Waals surface area contributed by atoms with Gasteiger partial charge in [-0.15, -0.1) is 0 Å². The molecule has 2 amide bonds. The molecule has 1 aromatic heterocycles. The van der Waals surface area contributed by atoms with Gasteiger partial charge in [0.05, 0.1) is 23.5 Å². The number of alkyl halides is 2. The molecule has 23 heavy (non-hydrogen) atoms. The average Bonchev–Trinajstić information content (AvgIpc) is 2.86. The number of aliphatic carboxylic acids is 1. The third-order valence-corrected chi connectivity index (χ3v) is 3.18. The van der Waals surface area contributed by atoms with Crippen LogP contribution in [0.4, 0.5) is 13.6 Å². The number of hydrogen-bond donors (Lipinski definition) is 3. The summed E-state index contributed by atoms with van der Waals surface area (Å²) in [6.07, 6.45) is -0.225. The highest BCUT2D eigenvalue weighted by Gasteiger charge is 2.22. The third kappa shape index (κ3) is 3.93. The van der Waals surface area contributed by atoms with Crippen molar-refractivity contribution >= 4 is 23.0 Å². The Balaban J connectivity index is 2.14. The number of urea groups is 1. The highest BCUT2D eigenvalue weighted by molar-refractivity contribution is 5.77. The quantitative estimate of drug-likeness (QED) is 0.758. The predicted octanol–water partition coefficient (Wildman–Crippen LogP) is 2.27. The van der Waals surface area contributed by atoms with E-state index >= 15 is 0 Å². The van der Waals surface area contributed by atoms with Gasteiger partial charge in [0.1, 0.15) is 5.82 Å². The molecule has 0 radical (unpaired) electrons. The minimum absolute atomic E-state index is 0.0228. The van der Waals surface area contributed by atoms with Gasteiger partial charge in [-0.25, -0.2) is 9.78 Å². The number of carboxylic acid groups (broad SMARTS) is 1. The molecule has 124 valence electrons. The molecule has 0 spiro atoms. The molecule has 0 saturated carbocycles. The van der Waals surface area contributed by atoms with Crippen molar-refractivity contribution in [3.63, 3.8) is 0 Å². The van der Waals surface area contributed by atoms with Gasteiger partial charge in [0.2, 0.25) is 0 Å². The monoisotopic (exact) mass is 326 g/mol. The van der Waals surface area contributed by atoms with Crippen LogP contribution in [0.1, 0.15) is 31.8 Å². The Bertz CT molecular complexity index is 717. The summed E-state index contributed by atoms with van der Waals surface area (Å²) in [5, 5.41) is 13.3. The number of hydrogen-bond acceptors (Lipinski definition) is 3. The van der Waals surface area contributed by atoms with Crippen LogP contribution in [0.3, 0.4) is 0 Å². The summed E-state index contributed by atoms with van der Waals surface area (Å²) in [7, 11) is 0. The zero-order valence-electron chi connectivity index (χ0n) is 12.3. The van der Waals surface area contributed by atoms with Crippen molar-refractivity contribution in [2.45, 2.75) is 25.9 Å². The molecule has 9 heteroatoms. The van der Waals surface area contributed by atoms with E-state index in [-0.39, 0.29) is 24.3 Å². The summed E-state index contributed by atoms with van der Waals surface area (Å²) < 4.78 is 27.4. The van der Waals surface area contributed by atoms with Crippen molar-refractivity contribution in [3.8, 4) is 0 Å². The normalized spacial score (nSPS) is 12.3. The summed E-state index contributed by atoms with van der Waals surface area (Å²) in [5.41, 5.74) is 0.681. The average molecular weight is 326 g/mol. The number of carboxylic acids is 1. The van der Waals surface area contributed by atoms with Crippen LogP contribution < -0.4 is 10.6 Å². The van der Waals surface area contributed by atoms with E-state index in [0.717, 1.165) is 4.57 Å². The lowest BCUT2D eigenvalue weighted by atomic mass is 10.3. The first kappa shape index (κ1) is 16.7. The Morgan fingerprint density at radius 3 is 2.70 bits per heavy atom. The second kappa shape index (κ2) is 7.03. The fourth-order valence-corrected chi connectivity index (χ4v) is 2.17. The first-order valence-corrected chi connectivity index (χ1v) is 6.91. The van der Waals surface area contributed by atoms with Gasteiger partial charge in [-0.1, -0.05) is 12.1 Å². The lowest BCUT2D eigenvalue weighted by molar-refractivity contribution is -0.136. The topological polar surface area (TPSA) is 96.2 Å². The van der Waals surface area contributed by atoms with Gasteiger partial charge >= 0.3 is 18.5 Å². The molecule has 0 aliphatic carbocycles. The maximum atomic E-state index is 13.3. The Morgan fingerprint density at radius 1 is 1.35 bits per heavy atom. The van der Waals surface area contributed by atoms with Crippen LogP contribution in [0.2, 0.25) is 0 Å². The number of halogens is 2. The molecular weight excluding hydrogens is 310 g/mol. The second-order valence-electron chi connectivity index (χ2n) is 4.87.